The molecule has 3 heterocycles. The molecular formula is C25H30FN5O. The summed E-state index contributed by atoms with van der Waals surface area (Å²) in [6.45, 7) is 5.50. The van der Waals surface area contributed by atoms with Gasteiger partial charge >= 0.3 is 0 Å². The summed E-state index contributed by atoms with van der Waals surface area (Å²) in [5.74, 6) is 0.457. The van der Waals surface area contributed by atoms with Gasteiger partial charge in [-0.1, -0.05) is 30.3 Å². The van der Waals surface area contributed by atoms with Gasteiger partial charge in [-0.2, -0.15) is 5.10 Å². The topological polar surface area (TPSA) is 67.4 Å². The van der Waals surface area contributed by atoms with Crippen LogP contribution < -0.4 is 5.73 Å². The summed E-state index contributed by atoms with van der Waals surface area (Å²) >= 11 is 0. The molecular weight excluding hydrogens is 405 g/mol. The predicted molar refractivity (Wildman–Crippen MR) is 123 cm³/mol. The molecule has 1 aromatic heterocycles. The number of rotatable bonds is 6. The Hall–Kier alpha value is -2.77. The third kappa shape index (κ3) is 4.14. The number of likely N-dealkylation sites (tertiary alicyclic amines) is 1. The van der Waals surface area contributed by atoms with E-state index < -0.39 is 0 Å². The van der Waals surface area contributed by atoms with Crippen LogP contribution in [0.4, 0.5) is 4.39 Å². The molecule has 1 fully saturated rings. The fourth-order valence-electron chi connectivity index (χ4n) is 5.01. The highest BCUT2D eigenvalue weighted by Crippen LogP contribution is 2.25. The first-order chi connectivity index (χ1) is 15.6. The van der Waals surface area contributed by atoms with E-state index in [4.69, 9.17) is 5.73 Å². The molecule has 6 nitrogen and oxygen atoms in total. The van der Waals surface area contributed by atoms with E-state index in [2.05, 4.69) is 10.00 Å². The van der Waals surface area contributed by atoms with Gasteiger partial charge in [0, 0.05) is 31.6 Å². The summed E-state index contributed by atoms with van der Waals surface area (Å²) in [5, 5.41) is 5.53. The summed E-state index contributed by atoms with van der Waals surface area (Å²) < 4.78 is 16.1. The molecule has 2 N–H and O–H groups in total. The van der Waals surface area contributed by atoms with Crippen LogP contribution in [0.25, 0.3) is 10.9 Å². The minimum absolute atomic E-state index is 0.101. The summed E-state index contributed by atoms with van der Waals surface area (Å²) in [5.41, 5.74) is 8.79. The molecule has 1 amide bonds. The van der Waals surface area contributed by atoms with Gasteiger partial charge in [0.2, 0.25) is 0 Å². The fourth-order valence-corrected chi connectivity index (χ4v) is 5.01. The Labute approximate surface area is 187 Å². The van der Waals surface area contributed by atoms with Crippen LogP contribution in [-0.4, -0.2) is 58.2 Å². The number of halogens is 1. The largest absolute Gasteiger partial charge is 0.335 e. The van der Waals surface area contributed by atoms with Crippen molar-refractivity contribution < 1.29 is 9.18 Å². The average molecular weight is 436 g/mol. The molecule has 2 aliphatic heterocycles. The van der Waals surface area contributed by atoms with E-state index in [1.165, 1.54) is 0 Å². The Bertz CT molecular complexity index is 1120. The lowest BCUT2D eigenvalue weighted by atomic mass is 9.95. The Morgan fingerprint density at radius 1 is 1.06 bits per heavy atom. The summed E-state index contributed by atoms with van der Waals surface area (Å²) in [4.78, 5) is 17.6. The second kappa shape index (κ2) is 9.00. The normalized spacial score (nSPS) is 17.8. The zero-order valence-corrected chi connectivity index (χ0v) is 18.3. The molecule has 0 unspecified atom stereocenters. The molecule has 0 atom stereocenters. The molecule has 32 heavy (non-hydrogen) atoms. The maximum Gasteiger partial charge on any atom is 0.272 e. The van der Waals surface area contributed by atoms with Crippen LogP contribution in [0.3, 0.4) is 0 Å². The van der Waals surface area contributed by atoms with Gasteiger partial charge in [-0.25, -0.2) is 4.39 Å². The number of hydrogen-bond donors (Lipinski definition) is 1. The third-order valence-corrected chi connectivity index (χ3v) is 6.95. The lowest BCUT2D eigenvalue weighted by molar-refractivity contribution is 0.0630. The Kier molecular flexibility index (Phi) is 5.93. The quantitative estimate of drug-likeness (QED) is 0.646. The molecule has 1 saturated heterocycles. The second-order valence-electron chi connectivity index (χ2n) is 9.00. The highest BCUT2D eigenvalue weighted by molar-refractivity contribution is 6.05. The Morgan fingerprint density at radius 2 is 1.88 bits per heavy atom. The van der Waals surface area contributed by atoms with E-state index in [1.54, 1.807) is 6.07 Å². The van der Waals surface area contributed by atoms with Gasteiger partial charge in [0.05, 0.1) is 12.1 Å². The molecule has 7 heteroatoms. The van der Waals surface area contributed by atoms with Gasteiger partial charge in [0.25, 0.3) is 5.91 Å². The van der Waals surface area contributed by atoms with Crippen LogP contribution in [0.1, 0.15) is 34.5 Å². The highest BCUT2D eigenvalue weighted by atomic mass is 19.1. The van der Waals surface area contributed by atoms with Crippen molar-refractivity contribution in [1.82, 2.24) is 19.6 Å². The fraction of sp³-hybridized carbons (Fsp3) is 0.440. The molecule has 5 rings (SSSR count). The highest BCUT2D eigenvalue weighted by Gasteiger charge is 2.30. The number of hydrogen-bond acceptors (Lipinski definition) is 4. The van der Waals surface area contributed by atoms with Gasteiger partial charge in [-0.3, -0.25) is 9.48 Å². The van der Waals surface area contributed by atoms with Crippen molar-refractivity contribution in [2.24, 2.45) is 11.7 Å². The van der Waals surface area contributed by atoms with E-state index >= 15 is 0 Å². The van der Waals surface area contributed by atoms with Crippen LogP contribution in [0, 0.1) is 11.7 Å². The first-order valence-corrected chi connectivity index (χ1v) is 11.6. The van der Waals surface area contributed by atoms with E-state index in [0.717, 1.165) is 79.8 Å². The van der Waals surface area contributed by atoms with Gasteiger partial charge in [-0.05, 0) is 61.5 Å². The maximum atomic E-state index is 14.2. The zero-order chi connectivity index (χ0) is 22.1. The molecule has 3 aromatic rings. The van der Waals surface area contributed by atoms with Crippen LogP contribution >= 0.6 is 0 Å². The van der Waals surface area contributed by atoms with E-state index in [-0.39, 0.29) is 11.7 Å². The van der Waals surface area contributed by atoms with E-state index in [1.807, 2.05) is 46.0 Å². The van der Waals surface area contributed by atoms with Crippen molar-refractivity contribution in [3.05, 3.63) is 65.1 Å². The van der Waals surface area contributed by atoms with Crippen molar-refractivity contribution in [3.63, 3.8) is 0 Å². The van der Waals surface area contributed by atoms with Crippen LogP contribution in [0.5, 0.6) is 0 Å². The monoisotopic (exact) mass is 435 g/mol. The van der Waals surface area contributed by atoms with Crippen molar-refractivity contribution in [1.29, 1.82) is 0 Å². The van der Waals surface area contributed by atoms with Gasteiger partial charge in [0.15, 0.2) is 0 Å². The third-order valence-electron chi connectivity index (χ3n) is 6.95. The number of aromatic nitrogens is 2. The molecule has 168 valence electrons. The van der Waals surface area contributed by atoms with Crippen molar-refractivity contribution >= 4 is 16.8 Å². The number of carbonyl (C=O) groups excluding carboxylic acids is 1. The summed E-state index contributed by atoms with van der Waals surface area (Å²) in [6.07, 6.45) is 2.85. The number of amides is 1. The van der Waals surface area contributed by atoms with E-state index in [9.17, 15) is 9.18 Å². The van der Waals surface area contributed by atoms with Crippen LogP contribution in [0.15, 0.2) is 42.5 Å². The Morgan fingerprint density at radius 3 is 2.66 bits per heavy atom. The lowest BCUT2D eigenvalue weighted by Crippen LogP contribution is -2.45. The maximum absolute atomic E-state index is 14.2. The molecule has 2 aromatic carbocycles. The van der Waals surface area contributed by atoms with Crippen LogP contribution in [0.2, 0.25) is 0 Å². The molecule has 0 radical (unpaired) electrons. The number of fused-ring (bicyclic) bond motifs is 3. The molecule has 0 saturated carbocycles. The first-order valence-electron chi connectivity index (χ1n) is 11.6. The SMILES string of the molecule is NCc1ccc(CCN2CCC(CN3CCn4nc5ccccc5c4C3=O)CC2)c(F)c1. The van der Waals surface area contributed by atoms with Crippen molar-refractivity contribution in [2.45, 2.75) is 32.4 Å². The number of nitrogens with two attached hydrogens (primary N) is 1. The van der Waals surface area contributed by atoms with E-state index in [0.29, 0.717) is 18.9 Å². The standard InChI is InChI=1S/C25H30FN5O/c26-22-15-19(16-27)5-6-20(22)9-12-29-10-7-18(8-11-29)17-30-13-14-31-24(25(30)32)21-3-1-2-4-23(21)28-31/h1-6,15,18H,7-14,16-17,27H2. The average Bonchev–Trinajstić information content (AvgIpc) is 3.20. The summed E-state index contributed by atoms with van der Waals surface area (Å²) in [6, 6.07) is 13.2. The number of piperidine rings is 1. The van der Waals surface area contributed by atoms with Gasteiger partial charge in [-0.15, -0.1) is 0 Å². The zero-order valence-electron chi connectivity index (χ0n) is 18.3. The molecule has 0 bridgehead atoms. The molecule has 2 aliphatic rings. The predicted octanol–water partition coefficient (Wildman–Crippen LogP) is 3.04. The smallest absolute Gasteiger partial charge is 0.272 e. The molecule has 0 aliphatic carbocycles. The minimum Gasteiger partial charge on any atom is -0.335 e. The Balaban J connectivity index is 1.14. The second-order valence-corrected chi connectivity index (χ2v) is 9.00. The summed E-state index contributed by atoms with van der Waals surface area (Å²) in [7, 11) is 0. The van der Waals surface area contributed by atoms with Crippen molar-refractivity contribution in [2.75, 3.05) is 32.7 Å². The van der Waals surface area contributed by atoms with Crippen LogP contribution in [-0.2, 0) is 19.5 Å². The van der Waals surface area contributed by atoms with Gasteiger partial charge in [0.1, 0.15) is 11.5 Å². The first kappa shape index (κ1) is 21.1. The number of nitrogens with zero attached hydrogens (tertiary/aromatic N) is 4. The lowest BCUT2D eigenvalue weighted by Gasteiger charge is -2.36. The van der Waals surface area contributed by atoms with Gasteiger partial charge < -0.3 is 15.5 Å². The minimum atomic E-state index is -0.154. The number of benzene rings is 2. The number of carbonyl (C=O) groups is 1. The van der Waals surface area contributed by atoms with Crippen molar-refractivity contribution in [3.8, 4) is 0 Å². The molecule has 0 spiro atoms.